The Morgan fingerprint density at radius 2 is 1.77 bits per heavy atom. The first kappa shape index (κ1) is 18.2. The highest BCUT2D eigenvalue weighted by atomic mass is 32.2. The predicted octanol–water partition coefficient (Wildman–Crippen LogP) is 3.01. The Labute approximate surface area is 153 Å². The highest BCUT2D eigenvalue weighted by Gasteiger charge is 2.77. The summed E-state index contributed by atoms with van der Waals surface area (Å²) in [6.45, 7) is 3.63. The van der Waals surface area contributed by atoms with Gasteiger partial charge in [-0.25, -0.2) is 8.42 Å². The summed E-state index contributed by atoms with van der Waals surface area (Å²) in [5.74, 6) is -1.53. The van der Waals surface area contributed by atoms with Crippen LogP contribution in [0, 0.1) is 23.7 Å². The van der Waals surface area contributed by atoms with Crippen LogP contribution in [-0.4, -0.2) is 26.2 Å². The van der Waals surface area contributed by atoms with E-state index in [9.17, 15) is 18.5 Å². The van der Waals surface area contributed by atoms with Gasteiger partial charge in [0.2, 0.25) is 0 Å². The van der Waals surface area contributed by atoms with E-state index in [1.807, 2.05) is 25.1 Å². The van der Waals surface area contributed by atoms with Crippen molar-refractivity contribution in [1.29, 1.82) is 5.26 Å². The molecule has 0 amide bonds. The number of nitriles is 1. The summed E-state index contributed by atoms with van der Waals surface area (Å²) in [6.07, 6.45) is 0. The van der Waals surface area contributed by atoms with Crippen molar-refractivity contribution in [2.75, 3.05) is 6.61 Å². The van der Waals surface area contributed by atoms with E-state index in [0.717, 1.165) is 5.56 Å². The van der Waals surface area contributed by atoms with Gasteiger partial charge in [-0.15, -0.1) is 0 Å². The monoisotopic (exact) mass is 369 g/mol. The number of rotatable bonds is 5. The minimum Gasteiger partial charge on any atom is -0.465 e. The van der Waals surface area contributed by atoms with Crippen LogP contribution < -0.4 is 0 Å². The summed E-state index contributed by atoms with van der Waals surface area (Å²) in [5.41, 5.74) is -0.0646. The van der Waals surface area contributed by atoms with Gasteiger partial charge in [-0.05, 0) is 31.5 Å². The maximum Gasteiger partial charge on any atom is 0.328 e. The van der Waals surface area contributed by atoms with Crippen molar-refractivity contribution >= 4 is 15.8 Å². The van der Waals surface area contributed by atoms with E-state index in [4.69, 9.17) is 4.74 Å². The van der Waals surface area contributed by atoms with Gasteiger partial charge in [0.05, 0.1) is 17.6 Å². The Morgan fingerprint density at radius 3 is 2.31 bits per heavy atom. The van der Waals surface area contributed by atoms with Crippen molar-refractivity contribution in [3.8, 4) is 6.07 Å². The molecule has 0 spiro atoms. The molecule has 1 fully saturated rings. The van der Waals surface area contributed by atoms with E-state index in [-0.39, 0.29) is 11.5 Å². The van der Waals surface area contributed by atoms with Gasteiger partial charge in [0.25, 0.3) is 0 Å². The normalized spacial score (nSPS) is 24.5. The number of nitrogens with zero attached hydrogens (tertiary/aromatic N) is 1. The Morgan fingerprint density at radius 1 is 1.15 bits per heavy atom. The largest absolute Gasteiger partial charge is 0.465 e. The molecule has 0 aliphatic heterocycles. The lowest BCUT2D eigenvalue weighted by molar-refractivity contribution is -0.147. The lowest BCUT2D eigenvalue weighted by atomic mass is 10.00. The van der Waals surface area contributed by atoms with Crippen LogP contribution in [0.4, 0.5) is 0 Å². The van der Waals surface area contributed by atoms with E-state index < -0.39 is 32.4 Å². The molecule has 26 heavy (non-hydrogen) atoms. The SMILES string of the molecule is CCOC(=O)[C@]1(C#N)[C@@H](c2ccc(C)cc2)[C@@H]1S(=O)(=O)c1ccccc1. The molecule has 0 N–H and O–H groups in total. The van der Waals surface area contributed by atoms with Gasteiger partial charge in [0.15, 0.2) is 15.3 Å². The first-order valence-electron chi connectivity index (χ1n) is 8.33. The molecule has 0 radical (unpaired) electrons. The summed E-state index contributed by atoms with van der Waals surface area (Å²) in [5, 5.41) is 8.64. The fourth-order valence-corrected chi connectivity index (χ4v) is 5.69. The highest BCUT2D eigenvalue weighted by Crippen LogP contribution is 2.64. The lowest BCUT2D eigenvalue weighted by Gasteiger charge is -2.09. The smallest absolute Gasteiger partial charge is 0.328 e. The van der Waals surface area contributed by atoms with E-state index >= 15 is 0 Å². The van der Waals surface area contributed by atoms with Gasteiger partial charge >= 0.3 is 5.97 Å². The van der Waals surface area contributed by atoms with Gasteiger partial charge in [0, 0.05) is 5.92 Å². The Balaban J connectivity index is 2.13. The zero-order valence-corrected chi connectivity index (χ0v) is 15.4. The molecule has 1 aliphatic rings. The van der Waals surface area contributed by atoms with Gasteiger partial charge < -0.3 is 4.74 Å². The van der Waals surface area contributed by atoms with Crippen LogP contribution in [0.3, 0.4) is 0 Å². The predicted molar refractivity (Wildman–Crippen MR) is 96.0 cm³/mol. The fourth-order valence-electron chi connectivity index (χ4n) is 3.42. The number of carbonyl (C=O) groups is 1. The number of benzene rings is 2. The maximum absolute atomic E-state index is 13.2. The van der Waals surface area contributed by atoms with Gasteiger partial charge in [-0.2, -0.15) is 5.26 Å². The van der Waals surface area contributed by atoms with Crippen molar-refractivity contribution < 1.29 is 17.9 Å². The molecule has 3 rings (SSSR count). The van der Waals surface area contributed by atoms with Crippen molar-refractivity contribution in [2.45, 2.75) is 29.9 Å². The minimum absolute atomic E-state index is 0.0843. The van der Waals surface area contributed by atoms with Gasteiger partial charge in [-0.3, -0.25) is 4.79 Å². The fraction of sp³-hybridized carbons (Fsp3) is 0.300. The Bertz CT molecular complexity index is 961. The summed E-state index contributed by atoms with van der Waals surface area (Å²) in [4.78, 5) is 12.7. The Kier molecular flexibility index (Phi) is 4.59. The zero-order chi connectivity index (χ0) is 18.9. The van der Waals surface area contributed by atoms with Crippen molar-refractivity contribution in [1.82, 2.24) is 0 Å². The molecule has 0 saturated heterocycles. The van der Waals surface area contributed by atoms with Crippen LogP contribution in [0.1, 0.15) is 24.0 Å². The highest BCUT2D eigenvalue weighted by molar-refractivity contribution is 7.92. The summed E-state index contributed by atoms with van der Waals surface area (Å²) in [7, 11) is -3.88. The minimum atomic E-state index is -3.88. The van der Waals surface area contributed by atoms with Crippen molar-refractivity contribution in [2.24, 2.45) is 5.41 Å². The molecule has 1 aliphatic carbocycles. The number of carbonyl (C=O) groups excluding carboxylic acids is 1. The van der Waals surface area contributed by atoms with Crippen LogP contribution in [0.25, 0.3) is 0 Å². The van der Waals surface area contributed by atoms with Gasteiger partial charge in [0.1, 0.15) is 5.25 Å². The molecule has 5 nitrogen and oxygen atoms in total. The molecular weight excluding hydrogens is 350 g/mol. The molecular formula is C20H19NO4S. The third-order valence-electron chi connectivity index (χ3n) is 4.77. The molecule has 2 aromatic rings. The second kappa shape index (κ2) is 6.58. The van der Waals surface area contributed by atoms with Crippen molar-refractivity contribution in [3.05, 3.63) is 65.7 Å². The van der Waals surface area contributed by atoms with Crippen LogP contribution in [0.15, 0.2) is 59.5 Å². The van der Waals surface area contributed by atoms with E-state index in [0.29, 0.717) is 5.56 Å². The maximum atomic E-state index is 13.2. The molecule has 6 heteroatoms. The van der Waals surface area contributed by atoms with E-state index in [1.165, 1.54) is 12.1 Å². The molecule has 0 bridgehead atoms. The lowest BCUT2D eigenvalue weighted by Crippen LogP contribution is -2.25. The molecule has 0 heterocycles. The van der Waals surface area contributed by atoms with Gasteiger partial charge in [-0.1, -0.05) is 48.0 Å². The number of hydrogen-bond donors (Lipinski definition) is 0. The molecule has 0 aromatic heterocycles. The summed E-state index contributed by atoms with van der Waals surface area (Å²) >= 11 is 0. The average molecular weight is 369 g/mol. The number of ether oxygens (including phenoxy) is 1. The zero-order valence-electron chi connectivity index (χ0n) is 14.5. The summed E-state index contributed by atoms with van der Waals surface area (Å²) < 4.78 is 31.4. The van der Waals surface area contributed by atoms with Crippen LogP contribution in [0.2, 0.25) is 0 Å². The molecule has 134 valence electrons. The molecule has 0 unspecified atom stereocenters. The number of aryl methyl sites for hydroxylation is 1. The number of esters is 1. The summed E-state index contributed by atoms with van der Waals surface area (Å²) in [6, 6.07) is 17.1. The second-order valence-electron chi connectivity index (χ2n) is 6.37. The quantitative estimate of drug-likeness (QED) is 0.757. The third kappa shape index (κ3) is 2.69. The van der Waals surface area contributed by atoms with Crippen LogP contribution >= 0.6 is 0 Å². The second-order valence-corrected chi connectivity index (χ2v) is 8.44. The third-order valence-corrected chi connectivity index (χ3v) is 7.02. The number of hydrogen-bond acceptors (Lipinski definition) is 5. The van der Waals surface area contributed by atoms with Crippen molar-refractivity contribution in [3.63, 3.8) is 0 Å². The van der Waals surface area contributed by atoms with Crippen LogP contribution in [0.5, 0.6) is 0 Å². The van der Waals surface area contributed by atoms with E-state index in [1.54, 1.807) is 37.3 Å². The first-order chi connectivity index (χ1) is 12.4. The van der Waals surface area contributed by atoms with E-state index in [2.05, 4.69) is 0 Å². The van der Waals surface area contributed by atoms with Crippen LogP contribution in [-0.2, 0) is 19.4 Å². The number of sulfone groups is 1. The molecule has 2 aromatic carbocycles. The Hall–Kier alpha value is -2.65. The molecule has 3 atom stereocenters. The standard InChI is InChI=1S/C20H19NO4S/c1-3-25-19(22)20(13-21)17(15-11-9-14(2)10-12-15)18(20)26(23,24)16-7-5-4-6-8-16/h4-12,17-18H,3H2,1-2H3/t17-,18-,20+/m0/s1. The average Bonchev–Trinajstić information content (AvgIpc) is 3.35. The molecule has 1 saturated carbocycles. The first-order valence-corrected chi connectivity index (χ1v) is 9.88. The topological polar surface area (TPSA) is 84.2 Å².